The molecule has 190 valence electrons. The Hall–Kier alpha value is -4.90. The Morgan fingerprint density at radius 1 is 0.800 bits per heavy atom. The first-order valence-corrected chi connectivity index (χ1v) is 13.3. The molecule has 1 heterocycles. The molecule has 4 nitrogen and oxygen atoms in total. The van der Waals surface area contributed by atoms with Gasteiger partial charge in [0.1, 0.15) is 7.85 Å². The van der Waals surface area contributed by atoms with Crippen molar-refractivity contribution >= 4 is 47.8 Å². The minimum absolute atomic E-state index is 0.241. The molecule has 1 unspecified atom stereocenters. The summed E-state index contributed by atoms with van der Waals surface area (Å²) < 4.78 is 0. The molecular formula is C35H27BN4. The molecule has 0 fully saturated rings. The first-order chi connectivity index (χ1) is 19.7. The van der Waals surface area contributed by atoms with E-state index in [9.17, 15) is 0 Å². The van der Waals surface area contributed by atoms with E-state index in [0.717, 1.165) is 50.4 Å². The molecule has 0 bridgehead atoms. The molecule has 0 N–H and O–H groups in total. The minimum Gasteiger partial charge on any atom is -0.261 e. The fraction of sp³-hybridized carbons (Fsp3) is 0.0857. The van der Waals surface area contributed by atoms with Crippen LogP contribution in [0.3, 0.4) is 0 Å². The number of nitrogens with zero attached hydrogens (tertiary/aromatic N) is 4. The van der Waals surface area contributed by atoms with Gasteiger partial charge in [-0.15, -0.1) is 5.47 Å². The van der Waals surface area contributed by atoms with Crippen LogP contribution in [0.1, 0.15) is 34.7 Å². The maximum absolute atomic E-state index is 5.87. The van der Waals surface area contributed by atoms with E-state index in [1.807, 2.05) is 48.7 Å². The molecule has 1 aliphatic rings. The topological polar surface area (TPSA) is 50.0 Å². The van der Waals surface area contributed by atoms with Crippen LogP contribution in [0.5, 0.6) is 0 Å². The summed E-state index contributed by atoms with van der Waals surface area (Å²) in [5.74, 6) is 1.37. The Balaban J connectivity index is 1.35. The van der Waals surface area contributed by atoms with Gasteiger partial charge in [0.2, 0.25) is 0 Å². The fourth-order valence-corrected chi connectivity index (χ4v) is 4.91. The Kier molecular flexibility index (Phi) is 7.27. The zero-order chi connectivity index (χ0) is 27.3. The van der Waals surface area contributed by atoms with Gasteiger partial charge in [0.15, 0.2) is 11.7 Å². The van der Waals surface area contributed by atoms with Crippen molar-refractivity contribution in [2.75, 3.05) is 0 Å². The predicted molar refractivity (Wildman–Crippen MR) is 169 cm³/mol. The second kappa shape index (κ2) is 11.5. The number of hydrogen-bond donors (Lipinski definition) is 0. The van der Waals surface area contributed by atoms with E-state index in [2.05, 4.69) is 84.5 Å². The molecule has 2 radical (unpaired) electrons. The molecule has 0 saturated carbocycles. The van der Waals surface area contributed by atoms with Gasteiger partial charge >= 0.3 is 0 Å². The van der Waals surface area contributed by atoms with E-state index in [0.29, 0.717) is 18.2 Å². The number of hydrogen-bond acceptors (Lipinski definition) is 2. The van der Waals surface area contributed by atoms with Crippen LogP contribution in [0.2, 0.25) is 0 Å². The maximum atomic E-state index is 5.87. The quantitative estimate of drug-likeness (QED) is 0.136. The third kappa shape index (κ3) is 5.59. The van der Waals surface area contributed by atoms with E-state index in [1.165, 1.54) is 5.39 Å². The van der Waals surface area contributed by atoms with E-state index in [-0.39, 0.29) is 5.92 Å². The van der Waals surface area contributed by atoms with Gasteiger partial charge in [-0.05, 0) is 58.4 Å². The normalized spacial score (nSPS) is 15.8. The lowest BCUT2D eigenvalue weighted by atomic mass is 9.85. The molecular weight excluding hydrogens is 487 g/mol. The van der Waals surface area contributed by atoms with Gasteiger partial charge in [-0.3, -0.25) is 9.98 Å². The number of aromatic nitrogens is 1. The van der Waals surface area contributed by atoms with Crippen molar-refractivity contribution in [1.82, 2.24) is 4.98 Å². The van der Waals surface area contributed by atoms with Crippen LogP contribution in [-0.2, 0) is 6.54 Å². The monoisotopic (exact) mass is 514 g/mol. The van der Waals surface area contributed by atoms with E-state index < -0.39 is 0 Å². The average molecular weight is 514 g/mol. The molecule has 1 aromatic heterocycles. The first kappa shape index (κ1) is 25.4. The Bertz CT molecular complexity index is 1830. The predicted octanol–water partition coefficient (Wildman–Crippen LogP) is 7.58. The van der Waals surface area contributed by atoms with Crippen LogP contribution in [0.4, 0.5) is 0 Å². The van der Waals surface area contributed by atoms with Gasteiger partial charge in [-0.25, -0.2) is 9.98 Å². The zero-order valence-corrected chi connectivity index (χ0v) is 22.1. The Morgan fingerprint density at radius 2 is 1.45 bits per heavy atom. The molecule has 1 aliphatic carbocycles. The van der Waals surface area contributed by atoms with Crippen molar-refractivity contribution in [3.8, 4) is 0 Å². The highest BCUT2D eigenvalue weighted by atomic mass is 15.0. The Morgan fingerprint density at radius 3 is 2.02 bits per heavy atom. The number of pyridine rings is 1. The molecule has 6 rings (SSSR count). The zero-order valence-electron chi connectivity index (χ0n) is 22.1. The highest BCUT2D eigenvalue weighted by Crippen LogP contribution is 2.25. The smallest absolute Gasteiger partial charge is 0.161 e. The van der Waals surface area contributed by atoms with Crippen LogP contribution in [0.25, 0.3) is 21.5 Å². The van der Waals surface area contributed by atoms with Gasteiger partial charge in [0.05, 0.1) is 6.54 Å². The standard InChI is InChI=1S/C35H27BN4/c1-37-34(30-13-11-25-6-2-4-8-28(25)20-30)40-35(31-14-12-26-7-3-5-9-29(26)21-31)39-23-24-10-19-33(38-22-24)27-15-17-32(36)18-16-27/h2-15,17-22,27H,1,16,23H2. The van der Waals surface area contributed by atoms with E-state index in [1.54, 1.807) is 0 Å². The summed E-state index contributed by atoms with van der Waals surface area (Å²) in [4.78, 5) is 18.9. The van der Waals surface area contributed by atoms with Gasteiger partial charge in [0.25, 0.3) is 0 Å². The van der Waals surface area contributed by atoms with E-state index >= 15 is 0 Å². The minimum atomic E-state index is 0.241. The second-order valence-electron chi connectivity index (χ2n) is 9.85. The summed E-state index contributed by atoms with van der Waals surface area (Å²) in [5, 5.41) is 4.58. The van der Waals surface area contributed by atoms with Gasteiger partial charge in [-0.2, -0.15) is 0 Å². The molecule has 40 heavy (non-hydrogen) atoms. The molecule has 0 amide bonds. The number of benzene rings is 4. The van der Waals surface area contributed by atoms with E-state index in [4.69, 9.17) is 22.8 Å². The van der Waals surface area contributed by atoms with Crippen molar-refractivity contribution in [1.29, 1.82) is 0 Å². The van der Waals surface area contributed by atoms with Crippen LogP contribution in [-0.4, -0.2) is 31.2 Å². The molecule has 4 aromatic carbocycles. The van der Waals surface area contributed by atoms with Gasteiger partial charge in [-0.1, -0.05) is 97.1 Å². The average Bonchev–Trinajstić information content (AvgIpc) is 3.01. The third-order valence-corrected chi connectivity index (χ3v) is 7.14. The number of fused-ring (bicyclic) bond motifs is 2. The lowest BCUT2D eigenvalue weighted by molar-refractivity contribution is 0.810. The van der Waals surface area contributed by atoms with Crippen molar-refractivity contribution in [2.24, 2.45) is 15.0 Å². The Labute approximate surface area is 235 Å². The second-order valence-corrected chi connectivity index (χ2v) is 9.85. The van der Waals surface area contributed by atoms with Crippen molar-refractivity contribution in [2.45, 2.75) is 18.9 Å². The van der Waals surface area contributed by atoms with Gasteiger partial charge in [0, 0.05) is 28.9 Å². The highest BCUT2D eigenvalue weighted by molar-refractivity contribution is 6.23. The summed E-state index contributed by atoms with van der Waals surface area (Å²) in [5.41, 5.74) is 4.65. The maximum Gasteiger partial charge on any atom is 0.161 e. The van der Waals surface area contributed by atoms with Crippen LogP contribution < -0.4 is 0 Å². The van der Waals surface area contributed by atoms with Crippen molar-refractivity contribution < 1.29 is 0 Å². The number of aliphatic imine (C=N–C) groups is 3. The molecule has 5 heteroatoms. The number of rotatable bonds is 5. The first-order valence-electron chi connectivity index (χ1n) is 13.3. The lowest BCUT2D eigenvalue weighted by Gasteiger charge is -2.14. The van der Waals surface area contributed by atoms with Crippen LogP contribution in [0, 0.1) is 0 Å². The summed E-state index contributed by atoms with van der Waals surface area (Å²) in [7, 11) is 5.87. The highest BCUT2D eigenvalue weighted by Gasteiger charge is 2.12. The number of allylic oxidation sites excluding steroid dienone is 4. The van der Waals surface area contributed by atoms with Gasteiger partial charge < -0.3 is 0 Å². The fourth-order valence-electron chi connectivity index (χ4n) is 4.91. The van der Waals surface area contributed by atoms with Crippen molar-refractivity contribution in [3.63, 3.8) is 0 Å². The molecule has 0 aliphatic heterocycles. The third-order valence-electron chi connectivity index (χ3n) is 7.14. The largest absolute Gasteiger partial charge is 0.261 e. The lowest BCUT2D eigenvalue weighted by Crippen LogP contribution is -2.06. The SMILES string of the molecule is [B]C1=CCC(c2ccc(CN=C(N=C(N=C)c3ccc4ccccc4c3)c3ccc4ccccc4c3)cn2)C=C1. The summed E-state index contributed by atoms with van der Waals surface area (Å²) in [6.07, 6.45) is 8.85. The summed E-state index contributed by atoms with van der Waals surface area (Å²) in [6, 6.07) is 33.1. The molecule has 5 aromatic rings. The molecule has 0 saturated heterocycles. The molecule has 0 spiro atoms. The summed E-state index contributed by atoms with van der Waals surface area (Å²) >= 11 is 0. The van der Waals surface area contributed by atoms with Crippen LogP contribution in [0.15, 0.2) is 142 Å². The summed E-state index contributed by atoms with van der Waals surface area (Å²) in [6.45, 7) is 4.27. The van der Waals surface area contributed by atoms with Crippen LogP contribution >= 0.6 is 0 Å². The molecule has 1 atom stereocenters. The van der Waals surface area contributed by atoms with Crippen molar-refractivity contribution in [3.05, 3.63) is 149 Å². The number of amidine groups is 2.